The van der Waals surface area contributed by atoms with E-state index < -0.39 is 5.97 Å². The average molecular weight is 353 g/mol. The SMILES string of the molecule is Cc1nc(-c2ccc(F)cc2Br)nc(C)c1CCC(=O)O. The van der Waals surface area contributed by atoms with Crippen molar-refractivity contribution in [3.63, 3.8) is 0 Å². The highest BCUT2D eigenvalue weighted by atomic mass is 79.9. The molecule has 0 aliphatic heterocycles. The van der Waals surface area contributed by atoms with Crippen LogP contribution in [-0.2, 0) is 11.2 Å². The Hall–Kier alpha value is -1.82. The average Bonchev–Trinajstić information content (AvgIpc) is 2.37. The van der Waals surface area contributed by atoms with E-state index in [9.17, 15) is 9.18 Å². The molecular formula is C15H14BrFN2O2. The van der Waals surface area contributed by atoms with Crippen LogP contribution in [0.15, 0.2) is 22.7 Å². The minimum absolute atomic E-state index is 0.0463. The molecule has 0 unspecified atom stereocenters. The summed E-state index contributed by atoms with van der Waals surface area (Å²) in [6, 6.07) is 4.33. The molecule has 4 nitrogen and oxygen atoms in total. The number of carbonyl (C=O) groups is 1. The highest BCUT2D eigenvalue weighted by Crippen LogP contribution is 2.27. The van der Waals surface area contributed by atoms with Crippen molar-refractivity contribution in [2.75, 3.05) is 0 Å². The number of benzene rings is 1. The third kappa shape index (κ3) is 3.64. The molecule has 21 heavy (non-hydrogen) atoms. The van der Waals surface area contributed by atoms with Gasteiger partial charge in [-0.3, -0.25) is 4.79 Å². The van der Waals surface area contributed by atoms with Crippen LogP contribution in [-0.4, -0.2) is 21.0 Å². The van der Waals surface area contributed by atoms with Crippen LogP contribution in [0.2, 0.25) is 0 Å². The summed E-state index contributed by atoms with van der Waals surface area (Å²) in [5.41, 5.74) is 3.04. The van der Waals surface area contributed by atoms with Crippen molar-refractivity contribution in [3.8, 4) is 11.4 Å². The standard InChI is InChI=1S/C15H14BrFN2O2/c1-8-11(5-6-14(20)21)9(2)19-15(18-8)12-4-3-10(17)7-13(12)16/h3-4,7H,5-6H2,1-2H3,(H,20,21). The third-order valence-corrected chi connectivity index (χ3v) is 3.84. The lowest BCUT2D eigenvalue weighted by molar-refractivity contribution is -0.136. The topological polar surface area (TPSA) is 63.1 Å². The van der Waals surface area contributed by atoms with Crippen molar-refractivity contribution in [2.45, 2.75) is 26.7 Å². The fraction of sp³-hybridized carbons (Fsp3) is 0.267. The maximum absolute atomic E-state index is 13.1. The molecule has 0 amide bonds. The van der Waals surface area contributed by atoms with Crippen molar-refractivity contribution in [2.24, 2.45) is 0 Å². The van der Waals surface area contributed by atoms with E-state index >= 15 is 0 Å². The normalized spacial score (nSPS) is 10.7. The number of aryl methyl sites for hydroxylation is 2. The summed E-state index contributed by atoms with van der Waals surface area (Å²) in [5.74, 6) is -0.688. The van der Waals surface area contributed by atoms with E-state index in [-0.39, 0.29) is 12.2 Å². The second-order valence-electron chi connectivity index (χ2n) is 4.71. The molecule has 1 heterocycles. The van der Waals surface area contributed by atoms with Crippen LogP contribution >= 0.6 is 15.9 Å². The van der Waals surface area contributed by atoms with E-state index in [2.05, 4.69) is 25.9 Å². The Balaban J connectivity index is 2.41. The van der Waals surface area contributed by atoms with Crippen LogP contribution in [0, 0.1) is 19.7 Å². The van der Waals surface area contributed by atoms with Gasteiger partial charge in [0.1, 0.15) is 5.82 Å². The first kappa shape index (κ1) is 15.6. The molecule has 110 valence electrons. The molecule has 0 saturated carbocycles. The minimum atomic E-state index is -0.848. The molecule has 0 atom stereocenters. The second kappa shape index (κ2) is 6.30. The largest absolute Gasteiger partial charge is 0.481 e. The summed E-state index contributed by atoms with van der Waals surface area (Å²) in [6.07, 6.45) is 0.447. The van der Waals surface area contributed by atoms with Crippen LogP contribution in [0.3, 0.4) is 0 Å². The molecular weight excluding hydrogens is 339 g/mol. The first-order valence-corrected chi connectivity index (χ1v) is 7.19. The van der Waals surface area contributed by atoms with Gasteiger partial charge in [0.05, 0.1) is 0 Å². The monoisotopic (exact) mass is 352 g/mol. The van der Waals surface area contributed by atoms with Crippen molar-refractivity contribution in [1.29, 1.82) is 0 Å². The highest BCUT2D eigenvalue weighted by Gasteiger charge is 2.13. The Labute approximate surface area is 130 Å². The van der Waals surface area contributed by atoms with Gasteiger partial charge in [-0.25, -0.2) is 14.4 Å². The zero-order valence-corrected chi connectivity index (χ0v) is 13.2. The highest BCUT2D eigenvalue weighted by molar-refractivity contribution is 9.10. The predicted octanol–water partition coefficient (Wildman–Crippen LogP) is 3.68. The van der Waals surface area contributed by atoms with Gasteiger partial charge in [-0.1, -0.05) is 0 Å². The number of aliphatic carboxylic acids is 1. The van der Waals surface area contributed by atoms with E-state index in [4.69, 9.17) is 5.11 Å². The molecule has 6 heteroatoms. The Morgan fingerprint density at radius 2 is 1.90 bits per heavy atom. The van der Waals surface area contributed by atoms with Gasteiger partial charge < -0.3 is 5.11 Å². The van der Waals surface area contributed by atoms with Crippen molar-refractivity contribution in [3.05, 3.63) is 45.4 Å². The van der Waals surface area contributed by atoms with Crippen LogP contribution in [0.1, 0.15) is 23.4 Å². The Morgan fingerprint density at radius 3 is 2.43 bits per heavy atom. The smallest absolute Gasteiger partial charge is 0.303 e. The number of aromatic nitrogens is 2. The number of rotatable bonds is 4. The number of hydrogen-bond donors (Lipinski definition) is 1. The number of carboxylic acids is 1. The summed E-state index contributed by atoms with van der Waals surface area (Å²) >= 11 is 3.30. The van der Waals surface area contributed by atoms with Crippen molar-refractivity contribution >= 4 is 21.9 Å². The lowest BCUT2D eigenvalue weighted by atomic mass is 10.1. The fourth-order valence-electron chi connectivity index (χ4n) is 2.12. The number of hydrogen-bond acceptors (Lipinski definition) is 3. The van der Waals surface area contributed by atoms with Gasteiger partial charge in [-0.15, -0.1) is 0 Å². The zero-order valence-electron chi connectivity index (χ0n) is 11.7. The van der Waals surface area contributed by atoms with Gasteiger partial charge in [0, 0.05) is 27.8 Å². The first-order chi connectivity index (χ1) is 9.88. The first-order valence-electron chi connectivity index (χ1n) is 6.40. The number of carboxylic acid groups (broad SMARTS) is 1. The quantitative estimate of drug-likeness (QED) is 0.911. The molecule has 0 bridgehead atoms. The van der Waals surface area contributed by atoms with Crippen molar-refractivity contribution < 1.29 is 14.3 Å². The molecule has 1 aromatic heterocycles. The van der Waals surface area contributed by atoms with Crippen LogP contribution < -0.4 is 0 Å². The molecule has 0 radical (unpaired) electrons. The van der Waals surface area contributed by atoms with Gasteiger partial charge in [0.2, 0.25) is 0 Å². The predicted molar refractivity (Wildman–Crippen MR) is 80.6 cm³/mol. The summed E-state index contributed by atoms with van der Waals surface area (Å²) in [4.78, 5) is 19.5. The van der Waals surface area contributed by atoms with E-state index in [0.717, 1.165) is 17.0 Å². The Bertz CT molecular complexity index is 681. The molecule has 0 aliphatic carbocycles. The van der Waals surface area contributed by atoms with Crippen LogP contribution in [0.4, 0.5) is 4.39 Å². The Kier molecular flexibility index (Phi) is 4.67. The zero-order chi connectivity index (χ0) is 15.6. The van der Waals surface area contributed by atoms with Crippen LogP contribution in [0.25, 0.3) is 11.4 Å². The van der Waals surface area contributed by atoms with Gasteiger partial charge in [0.25, 0.3) is 0 Å². The van der Waals surface area contributed by atoms with Crippen LogP contribution in [0.5, 0.6) is 0 Å². The summed E-state index contributed by atoms with van der Waals surface area (Å²) < 4.78 is 13.7. The van der Waals surface area contributed by atoms with E-state index in [0.29, 0.717) is 22.3 Å². The molecule has 0 fully saturated rings. The number of halogens is 2. The van der Waals surface area contributed by atoms with Gasteiger partial charge in [-0.05, 0) is 60.0 Å². The minimum Gasteiger partial charge on any atom is -0.481 e. The van der Waals surface area contributed by atoms with E-state index in [1.54, 1.807) is 6.07 Å². The maximum atomic E-state index is 13.1. The lowest BCUT2D eigenvalue weighted by Gasteiger charge is -2.11. The maximum Gasteiger partial charge on any atom is 0.303 e. The molecule has 0 saturated heterocycles. The Morgan fingerprint density at radius 1 is 1.29 bits per heavy atom. The molecule has 0 aliphatic rings. The number of nitrogens with zero attached hydrogens (tertiary/aromatic N) is 2. The van der Waals surface area contributed by atoms with Crippen molar-refractivity contribution in [1.82, 2.24) is 9.97 Å². The van der Waals surface area contributed by atoms with E-state index in [1.165, 1.54) is 12.1 Å². The van der Waals surface area contributed by atoms with Gasteiger partial charge >= 0.3 is 5.97 Å². The van der Waals surface area contributed by atoms with E-state index in [1.807, 2.05) is 13.8 Å². The molecule has 2 aromatic rings. The molecule has 1 aromatic carbocycles. The fourth-order valence-corrected chi connectivity index (χ4v) is 2.65. The molecule has 0 spiro atoms. The van der Waals surface area contributed by atoms with Gasteiger partial charge in [-0.2, -0.15) is 0 Å². The lowest BCUT2D eigenvalue weighted by Crippen LogP contribution is -2.06. The summed E-state index contributed by atoms with van der Waals surface area (Å²) in [6.45, 7) is 3.65. The summed E-state index contributed by atoms with van der Waals surface area (Å²) in [7, 11) is 0. The summed E-state index contributed by atoms with van der Waals surface area (Å²) in [5, 5.41) is 8.77. The third-order valence-electron chi connectivity index (χ3n) is 3.18. The molecule has 1 N–H and O–H groups in total. The molecule has 2 rings (SSSR count). The second-order valence-corrected chi connectivity index (χ2v) is 5.57. The van der Waals surface area contributed by atoms with Gasteiger partial charge in [0.15, 0.2) is 5.82 Å².